The zero-order valence-corrected chi connectivity index (χ0v) is 16.1. The van der Waals surface area contributed by atoms with Crippen molar-refractivity contribution in [3.63, 3.8) is 0 Å². The minimum absolute atomic E-state index is 0.0927. The predicted octanol–water partition coefficient (Wildman–Crippen LogP) is 3.21. The van der Waals surface area contributed by atoms with Gasteiger partial charge in [-0.05, 0) is 56.2 Å². The number of benzene rings is 1. The maximum atomic E-state index is 12.9. The summed E-state index contributed by atoms with van der Waals surface area (Å²) in [5.41, 5.74) is 1.39. The Balaban J connectivity index is 1.77. The van der Waals surface area contributed by atoms with Gasteiger partial charge in [-0.25, -0.2) is 4.79 Å². The summed E-state index contributed by atoms with van der Waals surface area (Å²) in [6, 6.07) is 7.22. The molecule has 1 amide bonds. The van der Waals surface area contributed by atoms with Crippen molar-refractivity contribution in [1.82, 2.24) is 14.9 Å². The van der Waals surface area contributed by atoms with Crippen molar-refractivity contribution < 1.29 is 14.6 Å². The summed E-state index contributed by atoms with van der Waals surface area (Å²) >= 11 is 0. The fourth-order valence-corrected chi connectivity index (χ4v) is 3.89. The highest BCUT2D eigenvalue weighted by Gasteiger charge is 2.37. The Bertz CT molecular complexity index is 1130. The Hall–Kier alpha value is -3.09. The van der Waals surface area contributed by atoms with Gasteiger partial charge in [0, 0.05) is 24.7 Å². The normalized spacial score (nSPS) is 16.1. The average Bonchev–Trinajstić information content (AvgIpc) is 3.48. The van der Waals surface area contributed by atoms with Gasteiger partial charge in [-0.15, -0.1) is 0 Å². The fourth-order valence-electron chi connectivity index (χ4n) is 3.89. The molecule has 2 aromatic heterocycles. The molecule has 1 aliphatic carbocycles. The van der Waals surface area contributed by atoms with Crippen LogP contribution in [0.25, 0.3) is 21.7 Å². The lowest BCUT2D eigenvalue weighted by atomic mass is 10.1. The van der Waals surface area contributed by atoms with Crippen molar-refractivity contribution >= 4 is 27.8 Å². The third-order valence-electron chi connectivity index (χ3n) is 5.48. The molecule has 1 aromatic carbocycles. The van der Waals surface area contributed by atoms with E-state index >= 15 is 0 Å². The van der Waals surface area contributed by atoms with E-state index in [2.05, 4.69) is 10.3 Å². The molecule has 0 spiro atoms. The number of rotatable bonds is 5. The molecule has 3 aromatic rings. The summed E-state index contributed by atoms with van der Waals surface area (Å²) in [5, 5.41) is 14.0. The van der Waals surface area contributed by atoms with E-state index in [0.717, 1.165) is 29.1 Å². The first-order chi connectivity index (χ1) is 13.4. The van der Waals surface area contributed by atoms with Crippen LogP contribution in [-0.4, -0.2) is 32.9 Å². The van der Waals surface area contributed by atoms with Crippen molar-refractivity contribution in [2.75, 3.05) is 0 Å². The maximum Gasteiger partial charge on any atom is 0.404 e. The zero-order chi connectivity index (χ0) is 20.0. The summed E-state index contributed by atoms with van der Waals surface area (Å²) in [6.07, 6.45) is 2.47. The van der Waals surface area contributed by atoms with Gasteiger partial charge in [0.1, 0.15) is 11.9 Å². The van der Waals surface area contributed by atoms with Crippen LogP contribution in [0.2, 0.25) is 0 Å². The van der Waals surface area contributed by atoms with E-state index in [0.29, 0.717) is 22.7 Å². The third-order valence-corrected chi connectivity index (χ3v) is 5.48. The van der Waals surface area contributed by atoms with Crippen molar-refractivity contribution in [2.24, 2.45) is 13.0 Å². The topological polar surface area (TPSA) is 93.5 Å². The van der Waals surface area contributed by atoms with Crippen molar-refractivity contribution in [3.8, 4) is 5.75 Å². The Morgan fingerprint density at radius 2 is 2.07 bits per heavy atom. The number of fused-ring (bicyclic) bond motifs is 3. The minimum Gasteiger partial charge on any atom is -0.488 e. The molecule has 28 heavy (non-hydrogen) atoms. The van der Waals surface area contributed by atoms with Crippen LogP contribution >= 0.6 is 0 Å². The van der Waals surface area contributed by atoms with E-state index in [1.54, 1.807) is 17.8 Å². The van der Waals surface area contributed by atoms with Gasteiger partial charge in [0.05, 0.1) is 22.6 Å². The second-order valence-electron chi connectivity index (χ2n) is 7.52. The minimum atomic E-state index is -1.06. The van der Waals surface area contributed by atoms with Crippen LogP contribution in [0.15, 0.2) is 35.3 Å². The molecule has 1 aliphatic rings. The summed E-state index contributed by atoms with van der Waals surface area (Å²) in [4.78, 5) is 28.1. The van der Waals surface area contributed by atoms with E-state index in [1.165, 1.54) is 0 Å². The Kier molecular flexibility index (Phi) is 4.45. The highest BCUT2D eigenvalue weighted by molar-refractivity contribution is 6.06. The highest BCUT2D eigenvalue weighted by atomic mass is 16.5. The molecule has 7 nitrogen and oxygen atoms in total. The molecule has 4 rings (SSSR count). The first-order valence-electron chi connectivity index (χ1n) is 9.41. The van der Waals surface area contributed by atoms with Gasteiger partial charge in [-0.2, -0.15) is 0 Å². The van der Waals surface area contributed by atoms with E-state index in [1.807, 2.05) is 38.1 Å². The molecule has 0 bridgehead atoms. The van der Waals surface area contributed by atoms with Gasteiger partial charge in [0.2, 0.25) is 0 Å². The first kappa shape index (κ1) is 18.3. The Morgan fingerprint density at radius 1 is 1.32 bits per heavy atom. The summed E-state index contributed by atoms with van der Waals surface area (Å²) in [6.45, 7) is 3.65. The standard InChI is InChI=1S/C21H23N3O4/c1-11-18-16(8-9-22-11)15-7-6-14(10-17(15)24(3)20(18)25)28-19(13-4-5-13)12(2)23-21(26)27/h6-10,12-13,19,23H,4-5H2,1-3H3,(H,26,27). The molecule has 0 aliphatic heterocycles. The molecule has 146 valence electrons. The van der Waals surface area contributed by atoms with Crippen molar-refractivity contribution in [2.45, 2.75) is 38.8 Å². The van der Waals surface area contributed by atoms with E-state index in [4.69, 9.17) is 9.84 Å². The maximum absolute atomic E-state index is 12.9. The lowest BCUT2D eigenvalue weighted by Crippen LogP contribution is -2.44. The second kappa shape index (κ2) is 6.82. The van der Waals surface area contributed by atoms with Crippen LogP contribution in [0.4, 0.5) is 4.79 Å². The smallest absolute Gasteiger partial charge is 0.404 e. The van der Waals surface area contributed by atoms with Gasteiger partial charge in [0.25, 0.3) is 5.56 Å². The quantitative estimate of drug-likeness (QED) is 0.662. The summed E-state index contributed by atoms with van der Waals surface area (Å²) in [5.74, 6) is 0.968. The van der Waals surface area contributed by atoms with Crippen LogP contribution in [0, 0.1) is 12.8 Å². The van der Waals surface area contributed by atoms with Crippen LogP contribution in [0.1, 0.15) is 25.5 Å². The average molecular weight is 381 g/mol. The fraction of sp³-hybridized carbons (Fsp3) is 0.381. The molecule has 2 N–H and O–H groups in total. The van der Waals surface area contributed by atoms with Crippen molar-refractivity contribution in [1.29, 1.82) is 0 Å². The molecular formula is C21H23N3O4. The van der Waals surface area contributed by atoms with Gasteiger partial charge >= 0.3 is 6.09 Å². The molecule has 1 saturated carbocycles. The first-order valence-corrected chi connectivity index (χ1v) is 9.41. The van der Waals surface area contributed by atoms with Crippen LogP contribution < -0.4 is 15.6 Å². The molecule has 0 radical (unpaired) electrons. The lowest BCUT2D eigenvalue weighted by molar-refractivity contribution is 0.129. The van der Waals surface area contributed by atoms with E-state index in [9.17, 15) is 9.59 Å². The predicted molar refractivity (Wildman–Crippen MR) is 107 cm³/mol. The van der Waals surface area contributed by atoms with E-state index in [-0.39, 0.29) is 17.7 Å². The highest BCUT2D eigenvalue weighted by Crippen LogP contribution is 2.37. The molecule has 2 atom stereocenters. The van der Waals surface area contributed by atoms with Gasteiger partial charge in [-0.1, -0.05) is 0 Å². The monoisotopic (exact) mass is 381 g/mol. The number of nitrogens with zero attached hydrogens (tertiary/aromatic N) is 2. The van der Waals surface area contributed by atoms with Crippen LogP contribution in [0.3, 0.4) is 0 Å². The second-order valence-corrected chi connectivity index (χ2v) is 7.52. The zero-order valence-electron chi connectivity index (χ0n) is 16.1. The number of ether oxygens (including phenoxy) is 1. The van der Waals surface area contributed by atoms with Gasteiger partial charge in [0.15, 0.2) is 0 Å². The Morgan fingerprint density at radius 3 is 2.75 bits per heavy atom. The number of aromatic nitrogens is 2. The number of hydrogen-bond acceptors (Lipinski definition) is 4. The largest absolute Gasteiger partial charge is 0.488 e. The molecule has 2 heterocycles. The number of carboxylic acid groups (broad SMARTS) is 1. The molecule has 1 fully saturated rings. The van der Waals surface area contributed by atoms with Crippen molar-refractivity contribution in [3.05, 3.63) is 46.5 Å². The summed E-state index contributed by atoms with van der Waals surface area (Å²) < 4.78 is 7.80. The molecular weight excluding hydrogens is 358 g/mol. The number of aryl methyl sites for hydroxylation is 2. The molecule has 2 unspecified atom stereocenters. The van der Waals surface area contributed by atoms with Gasteiger partial charge in [-0.3, -0.25) is 9.78 Å². The summed E-state index contributed by atoms with van der Waals surface area (Å²) in [7, 11) is 1.74. The lowest BCUT2D eigenvalue weighted by Gasteiger charge is -2.25. The van der Waals surface area contributed by atoms with Crippen LogP contribution in [0.5, 0.6) is 5.75 Å². The van der Waals surface area contributed by atoms with Gasteiger partial charge < -0.3 is 19.7 Å². The SMILES string of the molecule is Cc1nccc2c1c(=O)n(C)c1cc(OC(C3CC3)C(C)NC(=O)O)ccc21. The molecule has 7 heteroatoms. The number of nitrogens with one attached hydrogen (secondary N) is 1. The number of hydrogen-bond donors (Lipinski definition) is 2. The Labute approximate surface area is 162 Å². The van der Waals surface area contributed by atoms with Crippen LogP contribution in [-0.2, 0) is 7.05 Å². The third kappa shape index (κ3) is 3.17. The van der Waals surface area contributed by atoms with E-state index < -0.39 is 6.09 Å². The number of amides is 1. The molecule has 0 saturated heterocycles. The number of pyridine rings is 2. The number of carbonyl (C=O) groups is 1.